The van der Waals surface area contributed by atoms with Crippen molar-refractivity contribution in [3.63, 3.8) is 0 Å². The van der Waals surface area contributed by atoms with Crippen molar-refractivity contribution in [2.45, 2.75) is 127 Å². The van der Waals surface area contributed by atoms with Gasteiger partial charge >= 0.3 is 22.6 Å². The van der Waals surface area contributed by atoms with E-state index >= 15 is 0 Å². The fraction of sp³-hybridized carbons (Fsp3) is 0.812. The van der Waals surface area contributed by atoms with Crippen molar-refractivity contribution in [1.29, 1.82) is 0 Å². The average Bonchev–Trinajstić information content (AvgIpc) is 3.24. The largest absolute Gasteiger partial charge is 0.488 e. The van der Waals surface area contributed by atoms with Crippen LogP contribution in [0.15, 0.2) is 18.2 Å². The second-order valence-electron chi connectivity index (χ2n) is 13.6. The lowest BCUT2D eigenvalue weighted by atomic mass is 9.52. The van der Waals surface area contributed by atoms with Gasteiger partial charge in [-0.25, -0.2) is 0 Å². The highest BCUT2D eigenvalue weighted by Crippen LogP contribution is 2.62. The lowest BCUT2D eigenvalue weighted by Gasteiger charge is -2.53. The molecule has 3 aliphatic rings. The summed E-state index contributed by atoms with van der Waals surface area (Å²) < 4.78 is 115. The summed E-state index contributed by atoms with van der Waals surface area (Å²) in [5, 5.41) is 10.9. The molecule has 0 aromatic heterocycles. The summed E-state index contributed by atoms with van der Waals surface area (Å²) in [4.78, 5) is 0. The summed E-state index contributed by atoms with van der Waals surface area (Å²) in [5.74, 6) is -3.09. The van der Waals surface area contributed by atoms with Crippen LogP contribution in [0.5, 0.6) is 5.75 Å². The minimum Gasteiger partial charge on any atom is -0.393 e. The molecule has 0 bridgehead atoms. The third-order valence-electron chi connectivity index (χ3n) is 10.7. The monoisotopic (exact) mass is 688 g/mol. The fourth-order valence-corrected chi connectivity index (χ4v) is 9.97. The number of benzene rings is 1. The van der Waals surface area contributed by atoms with E-state index in [1.165, 1.54) is 11.6 Å². The molecule has 1 N–H and O–H groups in total. The number of hydrogen-bond donors (Lipinski definition) is 1. The van der Waals surface area contributed by atoms with Crippen LogP contribution in [0.25, 0.3) is 0 Å². The predicted molar refractivity (Wildman–Crippen MR) is 162 cm³/mol. The molecule has 1 aromatic carbocycles. The Balaban J connectivity index is 1.22. The molecule has 0 heterocycles. The standard InChI is InChI=1S/C32H46F6O5S2/c1-30-17-15-26-25-12-11-24(43-45(38,41)42)21-23(25)20-22(29(26)27(30)13-14-28(30)39)10-7-5-3-2-4-6-8-18-44(40)19-9-16-31(33,34)32(35,36)37/h11-12,21-22,26-29,39H,2-10,13-20H2,1H3/t22?,26-,27+,28?,29?,30?,44?/m1/s1. The summed E-state index contributed by atoms with van der Waals surface area (Å²) in [6.45, 7) is 2.23. The van der Waals surface area contributed by atoms with E-state index in [9.17, 15) is 43.6 Å². The van der Waals surface area contributed by atoms with Gasteiger partial charge < -0.3 is 9.29 Å². The Morgan fingerprint density at radius 2 is 1.60 bits per heavy atom. The van der Waals surface area contributed by atoms with Gasteiger partial charge in [0.05, 0.1) is 6.10 Å². The topological polar surface area (TPSA) is 80.7 Å². The SMILES string of the molecule is CC12CC[C@@H]3c4ccc(OS(=O)(=O)F)cc4CC(CCCCCCCCCS(=O)CCCC(F)(F)C(F)(F)F)C3[C@@H]1CCC2O. The van der Waals surface area contributed by atoms with Crippen LogP contribution in [0.4, 0.5) is 25.8 Å². The molecule has 0 saturated heterocycles. The van der Waals surface area contributed by atoms with Crippen LogP contribution in [-0.2, 0) is 27.7 Å². The summed E-state index contributed by atoms with van der Waals surface area (Å²) in [6, 6.07) is 5.08. The van der Waals surface area contributed by atoms with E-state index in [1.54, 1.807) is 6.07 Å². The van der Waals surface area contributed by atoms with Crippen molar-refractivity contribution in [2.24, 2.45) is 23.2 Å². The van der Waals surface area contributed by atoms with Gasteiger partial charge in [0, 0.05) is 28.7 Å². The van der Waals surface area contributed by atoms with E-state index in [4.69, 9.17) is 0 Å². The van der Waals surface area contributed by atoms with Gasteiger partial charge in [-0.05, 0) is 104 Å². The number of hydrogen-bond acceptors (Lipinski definition) is 5. The molecule has 2 saturated carbocycles. The molecular weight excluding hydrogens is 642 g/mol. The molecule has 258 valence electrons. The first-order chi connectivity index (χ1) is 21.0. The van der Waals surface area contributed by atoms with Crippen LogP contribution in [0.1, 0.15) is 114 Å². The second kappa shape index (κ2) is 14.8. The molecule has 4 rings (SSSR count). The molecule has 0 spiro atoms. The molecule has 0 radical (unpaired) electrons. The zero-order valence-corrected chi connectivity index (χ0v) is 27.4. The van der Waals surface area contributed by atoms with Gasteiger partial charge in [-0.15, -0.1) is 0 Å². The molecule has 5 unspecified atom stereocenters. The predicted octanol–water partition coefficient (Wildman–Crippen LogP) is 8.57. The van der Waals surface area contributed by atoms with Crippen LogP contribution in [0.2, 0.25) is 0 Å². The smallest absolute Gasteiger partial charge is 0.393 e. The van der Waals surface area contributed by atoms with E-state index in [0.29, 0.717) is 35.8 Å². The number of halogens is 6. The van der Waals surface area contributed by atoms with Gasteiger partial charge in [0.1, 0.15) is 5.75 Å². The zero-order chi connectivity index (χ0) is 33.0. The Bertz CT molecular complexity index is 1270. The van der Waals surface area contributed by atoms with Crippen LogP contribution in [0, 0.1) is 23.2 Å². The lowest BCUT2D eigenvalue weighted by molar-refractivity contribution is -0.284. The molecule has 5 nitrogen and oxygen atoms in total. The molecular formula is C32H46F6O5S2. The molecule has 45 heavy (non-hydrogen) atoms. The van der Waals surface area contributed by atoms with Crippen LogP contribution in [-0.4, -0.2) is 47.4 Å². The zero-order valence-electron chi connectivity index (χ0n) is 25.8. The van der Waals surface area contributed by atoms with E-state index in [-0.39, 0.29) is 23.0 Å². The fourth-order valence-electron chi connectivity index (χ4n) is 8.44. The Morgan fingerprint density at radius 1 is 0.956 bits per heavy atom. The third-order valence-corrected chi connectivity index (χ3v) is 12.6. The van der Waals surface area contributed by atoms with Gasteiger partial charge in [-0.3, -0.25) is 4.21 Å². The highest BCUT2D eigenvalue weighted by molar-refractivity contribution is 7.84. The Kier molecular flexibility index (Phi) is 12.0. The van der Waals surface area contributed by atoms with Crippen LogP contribution < -0.4 is 4.18 Å². The van der Waals surface area contributed by atoms with Crippen molar-refractivity contribution in [1.82, 2.24) is 0 Å². The molecule has 3 aliphatic carbocycles. The van der Waals surface area contributed by atoms with Gasteiger partial charge in [-0.1, -0.05) is 55.4 Å². The first-order valence-corrected chi connectivity index (χ1v) is 19.1. The number of aliphatic hydroxyl groups is 1. The quantitative estimate of drug-likeness (QED) is 0.107. The molecule has 2 fully saturated rings. The first kappa shape index (κ1) is 36.5. The lowest BCUT2D eigenvalue weighted by Crippen LogP contribution is -2.47. The highest BCUT2D eigenvalue weighted by Gasteiger charge is 2.57. The maximum absolute atomic E-state index is 13.2. The number of unbranched alkanes of at least 4 members (excludes halogenated alkanes) is 6. The maximum Gasteiger partial charge on any atom is 0.488 e. The van der Waals surface area contributed by atoms with E-state index in [2.05, 4.69) is 11.1 Å². The van der Waals surface area contributed by atoms with Crippen molar-refractivity contribution in [2.75, 3.05) is 11.5 Å². The summed E-state index contributed by atoms with van der Waals surface area (Å²) in [5.41, 5.74) is 2.10. The third kappa shape index (κ3) is 9.18. The van der Waals surface area contributed by atoms with E-state index in [0.717, 1.165) is 82.6 Å². The van der Waals surface area contributed by atoms with Crippen LogP contribution >= 0.6 is 0 Å². The normalized spacial score (nSPS) is 29.1. The van der Waals surface area contributed by atoms with Gasteiger partial charge in [0.25, 0.3) is 0 Å². The maximum atomic E-state index is 13.2. The summed E-state index contributed by atoms with van der Waals surface area (Å²) in [6.07, 6.45) is 4.31. The molecule has 1 aromatic rings. The molecule has 0 aliphatic heterocycles. The van der Waals surface area contributed by atoms with E-state index < -0.39 is 46.2 Å². The average molecular weight is 689 g/mol. The van der Waals surface area contributed by atoms with Crippen molar-refractivity contribution >= 4 is 21.3 Å². The summed E-state index contributed by atoms with van der Waals surface area (Å²) >= 11 is 0. The molecule has 13 heteroatoms. The minimum atomic E-state index is -5.57. The molecule has 0 amide bonds. The van der Waals surface area contributed by atoms with Gasteiger partial charge in [-0.2, -0.15) is 30.4 Å². The van der Waals surface area contributed by atoms with E-state index in [1.807, 2.05) is 6.07 Å². The highest BCUT2D eigenvalue weighted by atomic mass is 32.3. The van der Waals surface area contributed by atoms with Crippen molar-refractivity contribution in [3.05, 3.63) is 29.3 Å². The first-order valence-electron chi connectivity index (χ1n) is 16.3. The van der Waals surface area contributed by atoms with Gasteiger partial charge in [0.15, 0.2) is 0 Å². The number of rotatable bonds is 16. The number of alkyl halides is 5. The van der Waals surface area contributed by atoms with Crippen molar-refractivity contribution < 1.29 is 47.8 Å². The Labute approximate surface area is 265 Å². The second-order valence-corrected chi connectivity index (χ2v) is 16.3. The Morgan fingerprint density at radius 3 is 2.27 bits per heavy atom. The van der Waals surface area contributed by atoms with Crippen LogP contribution in [0.3, 0.4) is 0 Å². The summed E-state index contributed by atoms with van der Waals surface area (Å²) in [7, 11) is -6.52. The van der Waals surface area contributed by atoms with Crippen molar-refractivity contribution in [3.8, 4) is 5.75 Å². The Hall–Kier alpha value is -1.34. The number of aliphatic hydroxyl groups excluding tert-OH is 1. The molecule has 7 atom stereocenters. The number of fused-ring (bicyclic) bond motifs is 5. The van der Waals surface area contributed by atoms with Gasteiger partial charge in [0.2, 0.25) is 0 Å². The minimum absolute atomic E-state index is 0.0165.